The fourth-order valence-electron chi connectivity index (χ4n) is 3.33. The highest BCUT2D eigenvalue weighted by molar-refractivity contribution is 6.06. The summed E-state index contributed by atoms with van der Waals surface area (Å²) in [6.45, 7) is 1.42. The van der Waals surface area contributed by atoms with Crippen molar-refractivity contribution in [1.82, 2.24) is 4.68 Å². The van der Waals surface area contributed by atoms with Crippen LogP contribution in [0, 0.1) is 5.82 Å². The van der Waals surface area contributed by atoms with Gasteiger partial charge in [0.2, 0.25) is 5.91 Å². The lowest BCUT2D eigenvalue weighted by molar-refractivity contribution is -0.115. The first-order valence-electron chi connectivity index (χ1n) is 8.38. The van der Waals surface area contributed by atoms with Crippen LogP contribution < -0.4 is 5.43 Å². The number of para-hydroxylation sites is 1. The van der Waals surface area contributed by atoms with Crippen LogP contribution in [-0.4, -0.2) is 10.6 Å². The number of carbonyl (C=O) groups excluding carboxylic acids is 1. The Morgan fingerprint density at radius 1 is 0.846 bits per heavy atom. The van der Waals surface area contributed by atoms with Crippen molar-refractivity contribution in [2.24, 2.45) is 0 Å². The summed E-state index contributed by atoms with van der Waals surface area (Å²) in [5, 5.41) is 0.754. The van der Waals surface area contributed by atoms with Crippen molar-refractivity contribution < 1.29 is 9.18 Å². The molecule has 4 heteroatoms. The molecule has 0 aliphatic heterocycles. The van der Waals surface area contributed by atoms with Gasteiger partial charge in [-0.1, -0.05) is 72.8 Å². The van der Waals surface area contributed by atoms with Gasteiger partial charge in [0, 0.05) is 23.4 Å². The summed E-state index contributed by atoms with van der Waals surface area (Å²) in [6, 6.07) is 24.5. The highest BCUT2D eigenvalue weighted by Gasteiger charge is 2.22. The number of amides is 1. The molecule has 1 amide bonds. The molecule has 0 aliphatic carbocycles. The van der Waals surface area contributed by atoms with Crippen LogP contribution in [0.15, 0.2) is 78.9 Å². The van der Waals surface area contributed by atoms with Crippen molar-refractivity contribution in [2.75, 3.05) is 5.43 Å². The number of hydrogen-bond acceptors (Lipinski definition) is 1. The van der Waals surface area contributed by atoms with Gasteiger partial charge in [0.15, 0.2) is 0 Å². The molecule has 1 heterocycles. The van der Waals surface area contributed by atoms with Crippen molar-refractivity contribution >= 4 is 16.8 Å². The third-order valence-corrected chi connectivity index (χ3v) is 4.32. The van der Waals surface area contributed by atoms with Crippen molar-refractivity contribution in [3.63, 3.8) is 0 Å². The third-order valence-electron chi connectivity index (χ3n) is 4.32. The van der Waals surface area contributed by atoms with E-state index >= 15 is 0 Å². The molecular formula is C22H17FN2O. The van der Waals surface area contributed by atoms with E-state index in [1.807, 2.05) is 66.7 Å². The maximum Gasteiger partial charge on any atom is 0.235 e. The zero-order valence-electron chi connectivity index (χ0n) is 14.2. The molecule has 0 aliphatic rings. The summed E-state index contributed by atoms with van der Waals surface area (Å²) >= 11 is 0. The van der Waals surface area contributed by atoms with E-state index in [0.717, 1.165) is 27.8 Å². The van der Waals surface area contributed by atoms with Crippen molar-refractivity contribution in [1.29, 1.82) is 0 Å². The minimum Gasteiger partial charge on any atom is -0.274 e. The Morgan fingerprint density at radius 2 is 1.46 bits per heavy atom. The van der Waals surface area contributed by atoms with Crippen LogP contribution >= 0.6 is 0 Å². The van der Waals surface area contributed by atoms with E-state index in [1.165, 1.54) is 13.0 Å². The average molecular weight is 344 g/mol. The van der Waals surface area contributed by atoms with Gasteiger partial charge in [-0.2, -0.15) is 0 Å². The fourth-order valence-corrected chi connectivity index (χ4v) is 3.33. The molecule has 0 atom stereocenters. The van der Waals surface area contributed by atoms with E-state index in [4.69, 9.17) is 0 Å². The zero-order chi connectivity index (χ0) is 18.1. The Hall–Kier alpha value is -3.40. The molecule has 0 bridgehead atoms. The summed E-state index contributed by atoms with van der Waals surface area (Å²) in [7, 11) is 0. The first-order chi connectivity index (χ1) is 12.7. The molecule has 128 valence electrons. The number of carbonyl (C=O) groups is 1. The van der Waals surface area contributed by atoms with Gasteiger partial charge in [0.25, 0.3) is 0 Å². The second kappa shape index (κ2) is 6.48. The molecule has 0 radical (unpaired) electrons. The molecule has 0 unspecified atom stereocenters. The Labute approximate surface area is 150 Å². The lowest BCUT2D eigenvalue weighted by Gasteiger charge is -2.13. The molecule has 4 aromatic rings. The number of halogens is 1. The predicted molar refractivity (Wildman–Crippen MR) is 103 cm³/mol. The molecule has 1 N–H and O–H groups in total. The molecule has 0 saturated carbocycles. The molecular weight excluding hydrogens is 327 g/mol. The predicted octanol–water partition coefficient (Wildman–Crippen LogP) is 5.20. The Bertz CT molecular complexity index is 1090. The Kier molecular flexibility index (Phi) is 4.01. The zero-order valence-corrected chi connectivity index (χ0v) is 14.2. The molecule has 0 saturated heterocycles. The number of benzene rings is 3. The number of hydrogen-bond donors (Lipinski definition) is 1. The molecule has 0 fully saturated rings. The van der Waals surface area contributed by atoms with E-state index < -0.39 is 0 Å². The van der Waals surface area contributed by atoms with Gasteiger partial charge in [-0.25, -0.2) is 9.07 Å². The first kappa shape index (κ1) is 16.1. The standard InChI is InChI=1S/C22H17FN2O/c1-15(26)24-25-21(17-11-6-3-7-12-17)20(16-9-4-2-5-10-16)18-13-8-14-19(23)22(18)25/h2-14H,1H3,(H,24,26). The van der Waals surface area contributed by atoms with E-state index in [1.54, 1.807) is 10.7 Å². The smallest absolute Gasteiger partial charge is 0.235 e. The lowest BCUT2D eigenvalue weighted by atomic mass is 9.98. The van der Waals surface area contributed by atoms with Crippen molar-refractivity contribution in [2.45, 2.75) is 6.92 Å². The van der Waals surface area contributed by atoms with Crippen LogP contribution in [0.4, 0.5) is 4.39 Å². The SMILES string of the molecule is CC(=O)Nn1c(-c2ccccc2)c(-c2ccccc2)c2cccc(F)c21. The monoisotopic (exact) mass is 344 g/mol. The molecule has 3 nitrogen and oxygen atoms in total. The highest BCUT2D eigenvalue weighted by atomic mass is 19.1. The van der Waals surface area contributed by atoms with Gasteiger partial charge in [-0.15, -0.1) is 0 Å². The van der Waals surface area contributed by atoms with E-state index in [0.29, 0.717) is 5.52 Å². The largest absolute Gasteiger partial charge is 0.274 e. The van der Waals surface area contributed by atoms with Gasteiger partial charge in [0.1, 0.15) is 11.3 Å². The maximum absolute atomic E-state index is 14.7. The highest BCUT2D eigenvalue weighted by Crippen LogP contribution is 2.40. The van der Waals surface area contributed by atoms with E-state index in [-0.39, 0.29) is 11.7 Å². The maximum atomic E-state index is 14.7. The van der Waals surface area contributed by atoms with Crippen LogP contribution in [0.5, 0.6) is 0 Å². The summed E-state index contributed by atoms with van der Waals surface area (Å²) in [5.74, 6) is -0.641. The van der Waals surface area contributed by atoms with Gasteiger partial charge in [-0.3, -0.25) is 10.2 Å². The second-order valence-electron chi connectivity index (χ2n) is 6.10. The summed E-state index contributed by atoms with van der Waals surface area (Å²) in [5.41, 5.74) is 6.65. The fraction of sp³-hybridized carbons (Fsp3) is 0.0455. The van der Waals surface area contributed by atoms with E-state index in [2.05, 4.69) is 5.43 Å². The van der Waals surface area contributed by atoms with Gasteiger partial charge < -0.3 is 0 Å². The Morgan fingerprint density at radius 3 is 2.08 bits per heavy atom. The quantitative estimate of drug-likeness (QED) is 0.544. The molecule has 26 heavy (non-hydrogen) atoms. The van der Waals surface area contributed by atoms with Gasteiger partial charge in [-0.05, 0) is 11.6 Å². The number of fused-ring (bicyclic) bond motifs is 1. The molecule has 1 aromatic heterocycles. The number of nitrogens with zero attached hydrogens (tertiary/aromatic N) is 1. The Balaban J connectivity index is 2.18. The van der Waals surface area contributed by atoms with Crippen LogP contribution in [-0.2, 0) is 4.79 Å². The third kappa shape index (κ3) is 2.65. The van der Waals surface area contributed by atoms with Gasteiger partial charge in [0.05, 0.1) is 5.69 Å². The summed E-state index contributed by atoms with van der Waals surface area (Å²) < 4.78 is 16.3. The average Bonchev–Trinajstić information content (AvgIpc) is 2.98. The minimum absolute atomic E-state index is 0.262. The number of rotatable bonds is 3. The summed E-state index contributed by atoms with van der Waals surface area (Å²) in [4.78, 5) is 11.8. The second-order valence-corrected chi connectivity index (χ2v) is 6.10. The topological polar surface area (TPSA) is 34.0 Å². The number of aromatic nitrogens is 1. The minimum atomic E-state index is -0.379. The normalized spacial score (nSPS) is 10.8. The van der Waals surface area contributed by atoms with Crippen LogP contribution in [0.1, 0.15) is 6.92 Å². The van der Waals surface area contributed by atoms with Crippen LogP contribution in [0.3, 0.4) is 0 Å². The van der Waals surface area contributed by atoms with Crippen LogP contribution in [0.2, 0.25) is 0 Å². The van der Waals surface area contributed by atoms with Crippen LogP contribution in [0.25, 0.3) is 33.3 Å². The molecule has 4 rings (SSSR count). The van der Waals surface area contributed by atoms with E-state index in [9.17, 15) is 9.18 Å². The lowest BCUT2D eigenvalue weighted by Crippen LogP contribution is -2.21. The van der Waals surface area contributed by atoms with Gasteiger partial charge >= 0.3 is 0 Å². The summed E-state index contributed by atoms with van der Waals surface area (Å²) in [6.07, 6.45) is 0. The first-order valence-corrected chi connectivity index (χ1v) is 8.38. The molecule has 0 spiro atoms. The number of nitrogens with one attached hydrogen (secondary N) is 1. The van der Waals surface area contributed by atoms with Crippen molar-refractivity contribution in [3.8, 4) is 22.4 Å². The van der Waals surface area contributed by atoms with Crippen molar-refractivity contribution in [3.05, 3.63) is 84.7 Å². The molecule has 3 aromatic carbocycles.